The molecule has 0 aliphatic heterocycles. The molecule has 6 aromatic rings. The maximum Gasteiger partial charge on any atom is 0.296 e. The van der Waals surface area contributed by atoms with Crippen LogP contribution in [0.1, 0.15) is 0 Å². The first-order valence-corrected chi connectivity index (χ1v) is 18.3. The SMILES string of the molecule is COc1cc(N=Nc2c(O)ccc3cc(SOOO)ccc23)c(O)cc1N=Nc1ccc(N=Nc2c(SOOO)cc3cc(S(=O)(=O)O)c(N)cc3c2O)c(O)c1. The van der Waals surface area contributed by atoms with Gasteiger partial charge >= 0.3 is 0 Å². The summed E-state index contributed by atoms with van der Waals surface area (Å²) < 4.78 is 47.3. The number of hydrogen-bond donors (Lipinski definition) is 8. The molecule has 0 aliphatic rings. The smallest absolute Gasteiger partial charge is 0.296 e. The van der Waals surface area contributed by atoms with Gasteiger partial charge in [-0.05, 0) is 59.3 Å². The van der Waals surface area contributed by atoms with Crippen LogP contribution in [0.5, 0.6) is 28.7 Å². The third-order valence-electron chi connectivity index (χ3n) is 7.74. The molecule has 0 atom stereocenters. The molecule has 6 rings (SSSR count). The Morgan fingerprint density at radius 1 is 0.632 bits per heavy atom. The van der Waals surface area contributed by atoms with Crippen LogP contribution in [0.3, 0.4) is 0 Å². The molecule has 6 aromatic carbocycles. The summed E-state index contributed by atoms with van der Waals surface area (Å²) in [6.45, 7) is 0. The van der Waals surface area contributed by atoms with Crippen LogP contribution < -0.4 is 10.5 Å². The number of anilines is 1. The number of rotatable bonds is 14. The van der Waals surface area contributed by atoms with Gasteiger partial charge in [0, 0.05) is 33.9 Å². The van der Waals surface area contributed by atoms with E-state index in [1.165, 1.54) is 49.6 Å². The maximum absolute atomic E-state index is 11.7. The van der Waals surface area contributed by atoms with Crippen LogP contribution in [0, 0.1) is 0 Å². The zero-order valence-electron chi connectivity index (χ0n) is 28.5. The van der Waals surface area contributed by atoms with E-state index in [0.717, 1.165) is 24.2 Å². The normalized spacial score (nSPS) is 12.2. The number of methoxy groups -OCH3 is 1. The lowest BCUT2D eigenvalue weighted by atomic mass is 10.1. The maximum atomic E-state index is 11.7. The lowest BCUT2D eigenvalue weighted by Crippen LogP contribution is -2.03. The number of hydrogen-bond acceptors (Lipinski definition) is 22. The molecule has 57 heavy (non-hydrogen) atoms. The number of phenolic OH excluding ortho intramolecular Hbond substituents is 4. The zero-order chi connectivity index (χ0) is 40.9. The number of aromatic hydroxyl groups is 4. The van der Waals surface area contributed by atoms with Crippen molar-refractivity contribution >= 4 is 95.6 Å². The lowest BCUT2D eigenvalue weighted by Gasteiger charge is -2.11. The standard InChI is InChI=1S/C33H25N7O14S3/c1-50-28-14-23(37-39-31-19-5-4-18(55-53-51-45)8-15(19)2-7-25(31)41)27(43)13-24(28)38-35-17-3-6-22(26(42)11-17)36-40-32-29(56-54-52-46)9-16-10-30(57(47,48)49)21(34)12-20(16)33(32)44/h2-14,41-46H,34H2,1H3,(H,47,48,49). The van der Waals surface area contributed by atoms with Gasteiger partial charge in [0.1, 0.15) is 56.3 Å². The molecule has 0 unspecified atom stereocenters. The van der Waals surface area contributed by atoms with Crippen molar-refractivity contribution in [3.8, 4) is 28.7 Å². The Labute approximate surface area is 327 Å². The number of phenols is 4. The van der Waals surface area contributed by atoms with Gasteiger partial charge in [-0.2, -0.15) is 13.5 Å². The molecule has 24 heteroatoms. The first-order chi connectivity index (χ1) is 27.3. The summed E-state index contributed by atoms with van der Waals surface area (Å²) in [6.07, 6.45) is 0. The number of benzene rings is 6. The summed E-state index contributed by atoms with van der Waals surface area (Å²) in [6, 6.07) is 17.9. The molecule has 0 aliphatic carbocycles. The number of azo groups is 3. The number of nitrogens with zero attached hydrogens (tertiary/aromatic N) is 6. The Morgan fingerprint density at radius 3 is 2.05 bits per heavy atom. The predicted molar refractivity (Wildman–Crippen MR) is 202 cm³/mol. The van der Waals surface area contributed by atoms with Crippen LogP contribution in [-0.2, 0) is 28.9 Å². The molecular weight excluding hydrogens is 815 g/mol. The van der Waals surface area contributed by atoms with Crippen molar-refractivity contribution < 1.29 is 67.4 Å². The van der Waals surface area contributed by atoms with Crippen molar-refractivity contribution in [2.75, 3.05) is 12.8 Å². The van der Waals surface area contributed by atoms with Crippen molar-refractivity contribution in [2.24, 2.45) is 30.7 Å². The minimum atomic E-state index is -4.72. The third-order valence-corrected chi connectivity index (χ3v) is 9.84. The van der Waals surface area contributed by atoms with Crippen molar-refractivity contribution in [3.05, 3.63) is 78.9 Å². The molecule has 0 spiro atoms. The van der Waals surface area contributed by atoms with Gasteiger partial charge < -0.3 is 30.9 Å². The second-order valence-electron chi connectivity index (χ2n) is 11.2. The highest BCUT2D eigenvalue weighted by atomic mass is 32.2. The summed E-state index contributed by atoms with van der Waals surface area (Å²) in [4.78, 5) is -0.0750. The van der Waals surface area contributed by atoms with Gasteiger partial charge in [-0.3, -0.25) is 4.55 Å². The highest BCUT2D eigenvalue weighted by Crippen LogP contribution is 2.47. The Hall–Kier alpha value is -6.19. The monoisotopic (exact) mass is 839 g/mol. The average molecular weight is 840 g/mol. The van der Waals surface area contributed by atoms with Gasteiger partial charge in [0.25, 0.3) is 10.1 Å². The molecule has 0 bridgehead atoms. The second kappa shape index (κ2) is 17.3. The summed E-state index contributed by atoms with van der Waals surface area (Å²) in [5, 5.41) is 92.9. The van der Waals surface area contributed by atoms with Crippen molar-refractivity contribution in [3.63, 3.8) is 0 Å². The van der Waals surface area contributed by atoms with Gasteiger partial charge in [0.15, 0.2) is 5.75 Å². The highest BCUT2D eigenvalue weighted by Gasteiger charge is 2.21. The number of fused-ring (bicyclic) bond motifs is 2. The Morgan fingerprint density at radius 2 is 1.33 bits per heavy atom. The van der Waals surface area contributed by atoms with Gasteiger partial charge in [-0.15, -0.1) is 34.2 Å². The van der Waals surface area contributed by atoms with Gasteiger partial charge in [0.05, 0.1) is 47.5 Å². The molecule has 21 nitrogen and oxygen atoms in total. The van der Waals surface area contributed by atoms with E-state index in [-0.39, 0.29) is 72.7 Å². The fourth-order valence-corrected chi connectivity index (χ4v) is 6.70. The van der Waals surface area contributed by atoms with E-state index in [0.29, 0.717) is 27.7 Å². The zero-order valence-corrected chi connectivity index (χ0v) is 30.9. The predicted octanol–water partition coefficient (Wildman–Crippen LogP) is 9.76. The molecule has 0 radical (unpaired) electrons. The number of ether oxygens (including phenoxy) is 1. The average Bonchev–Trinajstić information content (AvgIpc) is 3.18. The van der Waals surface area contributed by atoms with E-state index in [1.807, 2.05) is 0 Å². The van der Waals surface area contributed by atoms with E-state index >= 15 is 0 Å². The number of nitrogen functional groups attached to an aromatic ring is 1. The van der Waals surface area contributed by atoms with Crippen LogP contribution >= 0.6 is 24.1 Å². The molecule has 9 N–H and O–H groups in total. The highest BCUT2D eigenvalue weighted by molar-refractivity contribution is 7.95. The molecule has 0 saturated heterocycles. The molecule has 0 fully saturated rings. The van der Waals surface area contributed by atoms with E-state index < -0.39 is 26.5 Å². The molecule has 0 heterocycles. The Kier molecular flexibility index (Phi) is 12.3. The van der Waals surface area contributed by atoms with Crippen LogP contribution in [0.4, 0.5) is 39.8 Å². The van der Waals surface area contributed by atoms with Gasteiger partial charge in [0.2, 0.25) is 0 Å². The second-order valence-corrected chi connectivity index (χ2v) is 14.1. The van der Waals surface area contributed by atoms with Crippen molar-refractivity contribution in [2.45, 2.75) is 14.7 Å². The van der Waals surface area contributed by atoms with Crippen LogP contribution in [0.15, 0.2) is 124 Å². The third kappa shape index (κ3) is 9.11. The molecule has 294 valence electrons. The van der Waals surface area contributed by atoms with E-state index in [2.05, 4.69) is 49.4 Å². The topological polar surface area (TPSA) is 322 Å². The first-order valence-electron chi connectivity index (χ1n) is 15.4. The molecular formula is C33H25N7O14S3. The van der Waals surface area contributed by atoms with E-state index in [1.54, 1.807) is 24.3 Å². The summed E-state index contributed by atoms with van der Waals surface area (Å²) in [5.41, 5.74) is 5.33. The molecule has 0 aromatic heterocycles. The van der Waals surface area contributed by atoms with Gasteiger partial charge in [-0.1, -0.05) is 22.2 Å². The van der Waals surface area contributed by atoms with Gasteiger partial charge in [-0.25, -0.2) is 10.5 Å². The number of nitrogens with two attached hydrogens (primary N) is 1. The largest absolute Gasteiger partial charge is 0.506 e. The Balaban J connectivity index is 1.24. The fraction of sp³-hybridized carbons (Fsp3) is 0.0303. The van der Waals surface area contributed by atoms with Crippen LogP contribution in [0.25, 0.3) is 21.5 Å². The molecule has 0 amide bonds. The van der Waals surface area contributed by atoms with Crippen LogP contribution in [-0.4, -0.2) is 51.0 Å². The first kappa shape index (κ1) is 40.5. The Bertz CT molecular complexity index is 2720. The van der Waals surface area contributed by atoms with Crippen LogP contribution in [0.2, 0.25) is 0 Å². The quantitative estimate of drug-likeness (QED) is 0.0126. The van der Waals surface area contributed by atoms with Crippen molar-refractivity contribution in [1.29, 1.82) is 0 Å². The minimum Gasteiger partial charge on any atom is -0.506 e. The van der Waals surface area contributed by atoms with E-state index in [4.69, 9.17) is 21.0 Å². The molecule has 0 saturated carbocycles. The minimum absolute atomic E-state index is 0.0154. The van der Waals surface area contributed by atoms with Crippen molar-refractivity contribution in [1.82, 2.24) is 0 Å². The summed E-state index contributed by atoms with van der Waals surface area (Å²) in [7, 11) is -3.37. The fourth-order valence-electron chi connectivity index (χ4n) is 5.16. The summed E-state index contributed by atoms with van der Waals surface area (Å²) >= 11 is 1.13. The lowest BCUT2D eigenvalue weighted by molar-refractivity contribution is -0.432. The summed E-state index contributed by atoms with van der Waals surface area (Å²) in [5.74, 6) is -1.39. The van der Waals surface area contributed by atoms with E-state index in [9.17, 15) is 33.4 Å².